The molecule has 2 heterocycles. The van der Waals surface area contributed by atoms with E-state index < -0.39 is 0 Å². The van der Waals surface area contributed by atoms with Crippen LogP contribution in [-0.2, 0) is 7.05 Å². The second-order valence-corrected chi connectivity index (χ2v) is 8.95. The summed E-state index contributed by atoms with van der Waals surface area (Å²) < 4.78 is 5.06. The Labute approximate surface area is 175 Å². The summed E-state index contributed by atoms with van der Waals surface area (Å²) in [6, 6.07) is 27.7. The van der Waals surface area contributed by atoms with E-state index in [9.17, 15) is 0 Å². The Morgan fingerprint density at radius 3 is 2.30 bits per heavy atom. The first-order valence-electron chi connectivity index (χ1n) is 11.1. The lowest BCUT2D eigenvalue weighted by molar-refractivity contribution is 0.672. The zero-order chi connectivity index (χ0) is 20.0. The maximum atomic E-state index is 2.66. The van der Waals surface area contributed by atoms with Crippen molar-refractivity contribution >= 4 is 54.4 Å². The Morgan fingerprint density at radius 1 is 0.733 bits per heavy atom. The maximum absolute atomic E-state index is 2.66. The molecule has 30 heavy (non-hydrogen) atoms. The quantitative estimate of drug-likeness (QED) is 0.289. The van der Waals surface area contributed by atoms with Crippen LogP contribution in [0.3, 0.4) is 0 Å². The van der Waals surface area contributed by atoms with Gasteiger partial charge in [0.05, 0.1) is 16.6 Å². The molecule has 146 valence electrons. The minimum Gasteiger partial charge on any atom is -0.343 e. The second-order valence-electron chi connectivity index (χ2n) is 8.95. The smallest absolute Gasteiger partial charge is 0.0590 e. The molecular formula is C28H24N2. The molecule has 1 aliphatic carbocycles. The zero-order valence-electron chi connectivity index (χ0n) is 17.4. The van der Waals surface area contributed by atoms with Crippen molar-refractivity contribution < 1.29 is 0 Å². The van der Waals surface area contributed by atoms with Crippen molar-refractivity contribution in [2.75, 3.05) is 0 Å². The highest BCUT2D eigenvalue weighted by Gasteiger charge is 2.39. The van der Waals surface area contributed by atoms with Gasteiger partial charge in [0.1, 0.15) is 0 Å². The van der Waals surface area contributed by atoms with E-state index in [0.717, 1.165) is 5.92 Å². The van der Waals surface area contributed by atoms with Crippen molar-refractivity contribution in [3.63, 3.8) is 0 Å². The largest absolute Gasteiger partial charge is 0.343 e. The van der Waals surface area contributed by atoms with Crippen molar-refractivity contribution in [1.29, 1.82) is 0 Å². The summed E-state index contributed by atoms with van der Waals surface area (Å²) in [6.45, 7) is 2.33. The summed E-state index contributed by atoms with van der Waals surface area (Å²) in [4.78, 5) is 0. The lowest BCUT2D eigenvalue weighted by Gasteiger charge is -2.07. The van der Waals surface area contributed by atoms with Crippen molar-refractivity contribution in [3.05, 3.63) is 72.8 Å². The van der Waals surface area contributed by atoms with Gasteiger partial charge in [-0.1, -0.05) is 67.9 Å². The Kier molecular flexibility index (Phi) is 3.12. The minimum absolute atomic E-state index is 0.628. The van der Waals surface area contributed by atoms with Gasteiger partial charge in [-0.15, -0.1) is 0 Å². The first-order chi connectivity index (χ1) is 14.8. The third-order valence-electron chi connectivity index (χ3n) is 7.46. The van der Waals surface area contributed by atoms with Crippen LogP contribution in [0.5, 0.6) is 0 Å². The number of aromatic nitrogens is 2. The predicted octanol–water partition coefficient (Wildman–Crippen LogP) is 7.56. The summed E-state index contributed by atoms with van der Waals surface area (Å²) in [5.74, 6) is 0.804. The van der Waals surface area contributed by atoms with Crippen LogP contribution in [0.15, 0.2) is 72.8 Å². The fourth-order valence-corrected chi connectivity index (χ4v) is 5.90. The monoisotopic (exact) mass is 388 g/mol. The number of hydrogen-bond acceptors (Lipinski definition) is 0. The number of hydrogen-bond donors (Lipinski definition) is 0. The van der Waals surface area contributed by atoms with Crippen LogP contribution in [0, 0.1) is 5.92 Å². The topological polar surface area (TPSA) is 9.86 Å². The van der Waals surface area contributed by atoms with E-state index in [1.165, 1.54) is 67.2 Å². The molecule has 2 atom stereocenters. The van der Waals surface area contributed by atoms with E-state index in [0.29, 0.717) is 6.04 Å². The molecule has 2 heteroatoms. The fourth-order valence-electron chi connectivity index (χ4n) is 5.90. The van der Waals surface area contributed by atoms with Gasteiger partial charge in [0.2, 0.25) is 0 Å². The average molecular weight is 389 g/mol. The number of aryl methyl sites for hydroxylation is 1. The van der Waals surface area contributed by atoms with Crippen molar-refractivity contribution in [2.45, 2.75) is 25.8 Å². The first kappa shape index (κ1) is 16.5. The van der Waals surface area contributed by atoms with E-state index in [1.54, 1.807) is 0 Å². The highest BCUT2D eigenvalue weighted by atomic mass is 15.1. The molecule has 0 saturated heterocycles. The maximum Gasteiger partial charge on any atom is 0.0590 e. The number of nitrogens with zero attached hydrogens (tertiary/aromatic N) is 2. The van der Waals surface area contributed by atoms with Crippen LogP contribution in [-0.4, -0.2) is 9.13 Å². The van der Waals surface area contributed by atoms with Crippen LogP contribution < -0.4 is 0 Å². The van der Waals surface area contributed by atoms with Gasteiger partial charge < -0.3 is 9.13 Å². The number of fused-ring (bicyclic) bond motifs is 9. The molecule has 0 radical (unpaired) electrons. The Balaban J connectivity index is 1.78. The Bertz CT molecular complexity index is 1630. The van der Waals surface area contributed by atoms with Crippen LogP contribution in [0.25, 0.3) is 54.4 Å². The number of benzene rings is 4. The van der Waals surface area contributed by atoms with Crippen molar-refractivity contribution in [2.24, 2.45) is 13.0 Å². The zero-order valence-corrected chi connectivity index (χ0v) is 17.4. The normalized spacial score (nSPS) is 19.0. The standard InChI is InChI=1S/C28H24N2/c1-3-17-16-25(17)30-23-14-12-18-8-4-5-9-19(18)26(23)27-24(30)15-13-21-20-10-6-7-11-22(20)29(2)28(21)27/h4-15,17,25H,3,16H2,1-2H3. The Hall–Kier alpha value is -3.26. The molecule has 0 aliphatic heterocycles. The lowest BCUT2D eigenvalue weighted by atomic mass is 10.0. The molecule has 6 aromatic rings. The van der Waals surface area contributed by atoms with Crippen LogP contribution in [0.4, 0.5) is 0 Å². The molecule has 2 unspecified atom stereocenters. The van der Waals surface area contributed by atoms with Gasteiger partial charge in [-0.3, -0.25) is 0 Å². The van der Waals surface area contributed by atoms with Gasteiger partial charge >= 0.3 is 0 Å². The highest BCUT2D eigenvalue weighted by Crippen LogP contribution is 2.51. The Morgan fingerprint density at radius 2 is 1.47 bits per heavy atom. The third-order valence-corrected chi connectivity index (χ3v) is 7.46. The van der Waals surface area contributed by atoms with Gasteiger partial charge in [0.25, 0.3) is 0 Å². The lowest BCUT2D eigenvalue weighted by Crippen LogP contribution is -1.96. The van der Waals surface area contributed by atoms with E-state index in [-0.39, 0.29) is 0 Å². The van der Waals surface area contributed by atoms with Gasteiger partial charge in [-0.2, -0.15) is 0 Å². The molecule has 2 nitrogen and oxygen atoms in total. The SMILES string of the molecule is CCC1CC1n1c2ccc3ccccc3c2c2c3c(ccc21)c1ccccc1n3C. The molecule has 0 spiro atoms. The summed E-state index contributed by atoms with van der Waals surface area (Å²) in [6.07, 6.45) is 2.56. The molecule has 0 bridgehead atoms. The van der Waals surface area contributed by atoms with E-state index in [4.69, 9.17) is 0 Å². The van der Waals surface area contributed by atoms with E-state index in [2.05, 4.69) is 95.9 Å². The predicted molar refractivity (Wildman–Crippen MR) is 128 cm³/mol. The van der Waals surface area contributed by atoms with Crippen LogP contribution in [0.2, 0.25) is 0 Å². The van der Waals surface area contributed by atoms with Gasteiger partial charge in [0, 0.05) is 40.2 Å². The summed E-state index contributed by atoms with van der Waals surface area (Å²) >= 11 is 0. The van der Waals surface area contributed by atoms with Crippen LogP contribution in [0.1, 0.15) is 25.8 Å². The van der Waals surface area contributed by atoms with Gasteiger partial charge in [-0.05, 0) is 41.3 Å². The fraction of sp³-hybridized carbons (Fsp3) is 0.214. The second kappa shape index (κ2) is 5.66. The average Bonchev–Trinajstić information content (AvgIpc) is 3.41. The molecule has 0 N–H and O–H groups in total. The van der Waals surface area contributed by atoms with Gasteiger partial charge in [-0.25, -0.2) is 0 Å². The van der Waals surface area contributed by atoms with Gasteiger partial charge in [0.15, 0.2) is 0 Å². The highest BCUT2D eigenvalue weighted by molar-refractivity contribution is 6.30. The summed E-state index contributed by atoms with van der Waals surface area (Å²) in [7, 11) is 2.23. The molecule has 4 aromatic carbocycles. The van der Waals surface area contributed by atoms with Crippen molar-refractivity contribution in [1.82, 2.24) is 9.13 Å². The molecule has 1 fully saturated rings. The molecule has 0 amide bonds. The van der Waals surface area contributed by atoms with Crippen LogP contribution >= 0.6 is 0 Å². The summed E-state index contributed by atoms with van der Waals surface area (Å²) in [5.41, 5.74) is 5.45. The molecular weight excluding hydrogens is 364 g/mol. The number of rotatable bonds is 2. The molecule has 7 rings (SSSR count). The van der Waals surface area contributed by atoms with E-state index >= 15 is 0 Å². The minimum atomic E-state index is 0.628. The number of para-hydroxylation sites is 1. The third kappa shape index (κ3) is 1.94. The molecule has 1 aliphatic rings. The molecule has 2 aromatic heterocycles. The van der Waals surface area contributed by atoms with Crippen molar-refractivity contribution in [3.8, 4) is 0 Å². The molecule has 1 saturated carbocycles. The summed E-state index contributed by atoms with van der Waals surface area (Å²) in [5, 5.41) is 8.22. The first-order valence-corrected chi connectivity index (χ1v) is 11.1. The van der Waals surface area contributed by atoms with E-state index in [1.807, 2.05) is 0 Å².